The standard InChI is InChI=1S/C46H52Cl2N10O6S/c1-29(44-37(47)26-49-27-38(44)48)64-34-7-8-39-36(24-34)45(54-53-39)32-4-10-41(50-25-32)56-20-22-58(23-21-56)65(62,63)35-14-18-57(19-15-35)43(60)28-55-16-12-31(13-17-55)30-2-5-33(6-3-30)51-40-9-11-42(59)52-46(40)61/h2-8,10,24-27,29,31,35,40,51H,9,11-23,28H2,1H3,(H,53,54)(H,52,59,61)/t29-,40?/m1/s1. The molecule has 9 rings (SSSR count). The van der Waals surface area contributed by atoms with E-state index in [0.717, 1.165) is 59.6 Å². The van der Waals surface area contributed by atoms with Crippen molar-refractivity contribution in [3.8, 4) is 17.0 Å². The van der Waals surface area contributed by atoms with Crippen molar-refractivity contribution in [3.05, 3.63) is 94.4 Å². The maximum Gasteiger partial charge on any atom is 0.249 e. The first kappa shape index (κ1) is 44.9. The second kappa shape index (κ2) is 19.3. The molecule has 7 heterocycles. The normalized spacial score (nSPS) is 20.2. The van der Waals surface area contributed by atoms with Crippen LogP contribution in [0.5, 0.6) is 5.75 Å². The molecule has 2 aromatic carbocycles. The fourth-order valence-electron chi connectivity index (χ4n) is 9.46. The molecule has 3 amide bonds. The molecule has 3 aromatic heterocycles. The Morgan fingerprint density at radius 3 is 2.28 bits per heavy atom. The number of imide groups is 1. The fourth-order valence-corrected chi connectivity index (χ4v) is 12.0. The van der Waals surface area contributed by atoms with E-state index in [-0.39, 0.29) is 17.7 Å². The fraction of sp³-hybridized carbons (Fsp3) is 0.435. The number of hydrogen-bond acceptors (Lipinski definition) is 12. The Bertz CT molecular complexity index is 2620. The van der Waals surface area contributed by atoms with Gasteiger partial charge in [-0.2, -0.15) is 9.40 Å². The van der Waals surface area contributed by atoms with Crippen LogP contribution in [-0.2, 0) is 24.4 Å². The van der Waals surface area contributed by atoms with Crippen LogP contribution in [0.1, 0.15) is 68.6 Å². The molecule has 0 aliphatic carbocycles. The van der Waals surface area contributed by atoms with E-state index in [2.05, 4.69) is 47.7 Å². The average Bonchev–Trinajstić information content (AvgIpc) is 3.74. The van der Waals surface area contributed by atoms with E-state index >= 15 is 0 Å². The van der Waals surface area contributed by atoms with Gasteiger partial charge in [0.2, 0.25) is 27.7 Å². The lowest BCUT2D eigenvalue weighted by atomic mass is 9.89. The molecule has 4 saturated heterocycles. The Labute approximate surface area is 388 Å². The van der Waals surface area contributed by atoms with Crippen molar-refractivity contribution in [2.75, 3.05) is 69.1 Å². The molecule has 2 atom stereocenters. The Morgan fingerprint density at radius 2 is 1.60 bits per heavy atom. The number of likely N-dealkylation sites (tertiary alicyclic amines) is 2. The molecular formula is C46H52Cl2N10O6S. The number of benzene rings is 2. The summed E-state index contributed by atoms with van der Waals surface area (Å²) >= 11 is 12.7. The summed E-state index contributed by atoms with van der Waals surface area (Å²) in [7, 11) is -3.54. The molecule has 4 fully saturated rings. The number of nitrogens with one attached hydrogen (secondary N) is 3. The lowest BCUT2D eigenvalue weighted by Crippen LogP contribution is -2.54. The Balaban J connectivity index is 0.715. The number of H-pyrrole nitrogens is 1. The number of pyridine rings is 2. The molecule has 5 aromatic rings. The lowest BCUT2D eigenvalue weighted by Gasteiger charge is -2.39. The zero-order valence-electron chi connectivity index (χ0n) is 36.1. The van der Waals surface area contributed by atoms with Gasteiger partial charge in [-0.25, -0.2) is 13.4 Å². The highest BCUT2D eigenvalue weighted by atomic mass is 35.5. The number of carbonyl (C=O) groups is 3. The second-order valence-corrected chi connectivity index (χ2v) is 20.3. The summed E-state index contributed by atoms with van der Waals surface area (Å²) in [4.78, 5) is 51.9. The number of hydrogen-bond donors (Lipinski definition) is 3. The third kappa shape index (κ3) is 9.94. The van der Waals surface area contributed by atoms with Crippen molar-refractivity contribution in [1.82, 2.24) is 39.6 Å². The van der Waals surface area contributed by atoms with E-state index < -0.39 is 27.4 Å². The largest absolute Gasteiger partial charge is 0.486 e. The summed E-state index contributed by atoms with van der Waals surface area (Å²) in [5, 5.41) is 14.5. The predicted molar refractivity (Wildman–Crippen MR) is 250 cm³/mol. The van der Waals surface area contributed by atoms with Gasteiger partial charge in [-0.15, -0.1) is 0 Å². The van der Waals surface area contributed by atoms with Crippen molar-refractivity contribution < 1.29 is 27.5 Å². The van der Waals surface area contributed by atoms with Crippen LogP contribution < -0.4 is 20.3 Å². The van der Waals surface area contributed by atoms with E-state index in [1.165, 1.54) is 5.56 Å². The van der Waals surface area contributed by atoms with E-state index in [4.69, 9.17) is 32.9 Å². The molecule has 342 valence electrons. The van der Waals surface area contributed by atoms with Gasteiger partial charge in [-0.05, 0) is 106 Å². The van der Waals surface area contributed by atoms with Crippen LogP contribution in [-0.4, -0.2) is 131 Å². The van der Waals surface area contributed by atoms with E-state index in [1.54, 1.807) is 22.9 Å². The summed E-state index contributed by atoms with van der Waals surface area (Å²) in [5.41, 5.74) is 5.13. The Kier molecular flexibility index (Phi) is 13.3. The van der Waals surface area contributed by atoms with Gasteiger partial charge < -0.3 is 19.9 Å². The van der Waals surface area contributed by atoms with E-state index in [1.807, 2.05) is 54.3 Å². The number of ether oxygens (including phenoxy) is 1. The first-order valence-corrected chi connectivity index (χ1v) is 24.5. The number of carbonyl (C=O) groups excluding carboxylic acids is 3. The number of nitrogens with zero attached hydrogens (tertiary/aromatic N) is 7. The number of halogens is 2. The molecular weight excluding hydrogens is 892 g/mol. The zero-order chi connectivity index (χ0) is 45.2. The summed E-state index contributed by atoms with van der Waals surface area (Å²) in [6.07, 6.45) is 7.97. The van der Waals surface area contributed by atoms with Gasteiger partial charge in [0, 0.05) is 86.5 Å². The predicted octanol–water partition coefficient (Wildman–Crippen LogP) is 6.01. The molecule has 1 unspecified atom stereocenters. The average molecular weight is 944 g/mol. The topological polar surface area (TPSA) is 186 Å². The minimum Gasteiger partial charge on any atom is -0.486 e. The van der Waals surface area contributed by atoms with Crippen molar-refractivity contribution in [2.24, 2.45) is 0 Å². The number of aromatic nitrogens is 4. The SMILES string of the molecule is C[C@@H](Oc1ccc2[nH]nc(-c3ccc(N4CCN(S(=O)(=O)C5CCN(C(=O)CN6CCC(c7ccc(NC8CCC(=O)NC8=O)cc7)CC6)CC5)CC4)nc3)c2c1)c1c(Cl)cncc1Cl. The molecule has 0 saturated carbocycles. The number of piperidine rings is 3. The maximum absolute atomic E-state index is 13.8. The van der Waals surface area contributed by atoms with E-state index in [0.29, 0.717) is 98.8 Å². The van der Waals surface area contributed by atoms with E-state index in [9.17, 15) is 22.8 Å². The third-order valence-corrected chi connectivity index (χ3v) is 16.2. The number of aromatic amines is 1. The van der Waals surface area contributed by atoms with Gasteiger partial charge in [-0.1, -0.05) is 35.3 Å². The van der Waals surface area contributed by atoms with Gasteiger partial charge in [-0.3, -0.25) is 34.7 Å². The molecule has 16 nitrogen and oxygen atoms in total. The van der Waals surface area contributed by atoms with Gasteiger partial charge >= 0.3 is 0 Å². The number of fused-ring (bicyclic) bond motifs is 1. The molecule has 0 bridgehead atoms. The summed E-state index contributed by atoms with van der Waals surface area (Å²) < 4.78 is 35.5. The first-order chi connectivity index (χ1) is 31.4. The Hall–Kier alpha value is -5.33. The van der Waals surface area contributed by atoms with Gasteiger partial charge in [0.25, 0.3) is 0 Å². The number of anilines is 2. The van der Waals surface area contributed by atoms with Crippen LogP contribution in [0, 0.1) is 0 Å². The first-order valence-electron chi connectivity index (χ1n) is 22.2. The lowest BCUT2D eigenvalue weighted by molar-refractivity contribution is -0.134. The molecule has 3 N–H and O–H groups in total. The van der Waals surface area contributed by atoms with Crippen molar-refractivity contribution in [2.45, 2.75) is 68.8 Å². The minimum atomic E-state index is -3.54. The van der Waals surface area contributed by atoms with Crippen LogP contribution in [0.25, 0.3) is 22.2 Å². The maximum atomic E-state index is 13.8. The third-order valence-electron chi connectivity index (χ3n) is 13.2. The highest BCUT2D eigenvalue weighted by Crippen LogP contribution is 2.36. The van der Waals surface area contributed by atoms with Crippen LogP contribution >= 0.6 is 23.2 Å². The molecule has 19 heteroatoms. The van der Waals surface area contributed by atoms with Crippen molar-refractivity contribution >= 4 is 73.4 Å². The van der Waals surface area contributed by atoms with Crippen molar-refractivity contribution in [1.29, 1.82) is 0 Å². The summed E-state index contributed by atoms with van der Waals surface area (Å²) in [6.45, 7) is 6.46. The van der Waals surface area contributed by atoms with Crippen LogP contribution in [0.3, 0.4) is 0 Å². The molecule has 4 aliphatic rings. The molecule has 65 heavy (non-hydrogen) atoms. The van der Waals surface area contributed by atoms with Crippen LogP contribution in [0.4, 0.5) is 11.5 Å². The monoisotopic (exact) mass is 942 g/mol. The zero-order valence-corrected chi connectivity index (χ0v) is 38.4. The second-order valence-electron chi connectivity index (χ2n) is 17.3. The molecule has 4 aliphatic heterocycles. The van der Waals surface area contributed by atoms with Gasteiger partial charge in [0.05, 0.1) is 27.4 Å². The quantitative estimate of drug-likeness (QED) is 0.124. The smallest absolute Gasteiger partial charge is 0.249 e. The number of sulfonamides is 1. The number of rotatable bonds is 12. The van der Waals surface area contributed by atoms with Crippen LogP contribution in [0.15, 0.2) is 73.2 Å². The minimum absolute atomic E-state index is 0.0534. The highest BCUT2D eigenvalue weighted by molar-refractivity contribution is 7.89. The van der Waals surface area contributed by atoms with Crippen molar-refractivity contribution in [3.63, 3.8) is 0 Å². The summed E-state index contributed by atoms with van der Waals surface area (Å²) in [5.74, 6) is 1.30. The number of amides is 3. The Morgan fingerprint density at radius 1 is 0.877 bits per heavy atom. The van der Waals surface area contributed by atoms with Crippen LogP contribution in [0.2, 0.25) is 10.0 Å². The molecule has 0 radical (unpaired) electrons. The number of piperazine rings is 1. The molecule has 0 spiro atoms. The van der Waals surface area contributed by atoms with Gasteiger partial charge in [0.1, 0.15) is 29.4 Å². The highest BCUT2D eigenvalue weighted by Gasteiger charge is 2.38. The van der Waals surface area contributed by atoms with Gasteiger partial charge in [0.15, 0.2) is 0 Å². The summed E-state index contributed by atoms with van der Waals surface area (Å²) in [6, 6.07) is 17.3.